The molecular formula is C15H34ClN. The molecule has 0 rings (SSSR count). The lowest BCUT2D eigenvalue weighted by atomic mass is 10.1. The number of hydrogen-bond donors (Lipinski definition) is 1. The highest BCUT2D eigenvalue weighted by Gasteiger charge is 1.87. The van der Waals surface area contributed by atoms with E-state index in [1.165, 1.54) is 70.6 Å². The summed E-state index contributed by atoms with van der Waals surface area (Å²) in [5.74, 6) is 0. The first-order valence-corrected chi connectivity index (χ1v) is 7.06. The molecule has 0 aromatic carbocycles. The maximum Gasteiger partial charge on any atom is -0.0351 e. The zero-order valence-corrected chi connectivity index (χ0v) is 12.9. The zero-order valence-electron chi connectivity index (χ0n) is 12.0. The van der Waals surface area contributed by atoms with Crippen molar-refractivity contribution in [3.05, 3.63) is 12.2 Å². The topological polar surface area (TPSA) is 35.0 Å². The third-order valence-electron chi connectivity index (χ3n) is 2.87. The normalized spacial score (nSPS) is 10.0. The van der Waals surface area contributed by atoms with Gasteiger partial charge in [-0.2, -0.15) is 0 Å². The van der Waals surface area contributed by atoms with Gasteiger partial charge in [0, 0.05) is 0 Å². The smallest absolute Gasteiger partial charge is 0.0351 e. The molecule has 0 aliphatic carbocycles. The minimum atomic E-state index is 0. The molecule has 2 heteroatoms. The molecule has 0 aliphatic rings. The van der Waals surface area contributed by atoms with E-state index in [9.17, 15) is 0 Å². The van der Waals surface area contributed by atoms with Gasteiger partial charge in [-0.05, 0) is 25.7 Å². The monoisotopic (exact) mass is 263 g/mol. The van der Waals surface area contributed by atoms with E-state index < -0.39 is 0 Å². The van der Waals surface area contributed by atoms with Crippen LogP contribution in [0.1, 0.15) is 84.5 Å². The van der Waals surface area contributed by atoms with Crippen molar-refractivity contribution in [2.45, 2.75) is 84.5 Å². The number of rotatable bonds is 11. The van der Waals surface area contributed by atoms with Gasteiger partial charge >= 0.3 is 0 Å². The van der Waals surface area contributed by atoms with Gasteiger partial charge in [0.1, 0.15) is 0 Å². The van der Waals surface area contributed by atoms with E-state index in [1.54, 1.807) is 0 Å². The summed E-state index contributed by atoms with van der Waals surface area (Å²) in [5.41, 5.74) is 0. The van der Waals surface area contributed by atoms with Gasteiger partial charge in [-0.1, -0.05) is 70.9 Å². The summed E-state index contributed by atoms with van der Waals surface area (Å²) in [7, 11) is 0. The lowest BCUT2D eigenvalue weighted by Crippen LogP contribution is -1.76. The molecule has 0 amide bonds. The number of hydrogen-bond acceptors (Lipinski definition) is 1. The summed E-state index contributed by atoms with van der Waals surface area (Å²) >= 11 is 0. The van der Waals surface area contributed by atoms with Crippen molar-refractivity contribution >= 4 is 12.4 Å². The first-order chi connectivity index (χ1) is 7.41. The second-order valence-electron chi connectivity index (χ2n) is 4.52. The van der Waals surface area contributed by atoms with E-state index >= 15 is 0 Å². The van der Waals surface area contributed by atoms with Crippen LogP contribution in [0.2, 0.25) is 0 Å². The Morgan fingerprint density at radius 3 is 1.35 bits per heavy atom. The lowest BCUT2D eigenvalue weighted by molar-refractivity contribution is 0.636. The van der Waals surface area contributed by atoms with E-state index in [0.29, 0.717) is 0 Å². The third-order valence-corrected chi connectivity index (χ3v) is 2.87. The first kappa shape index (κ1) is 22.2. The molecule has 3 N–H and O–H groups in total. The minimum absolute atomic E-state index is 0. The predicted molar refractivity (Wildman–Crippen MR) is 83.5 cm³/mol. The molecule has 0 aliphatic heterocycles. The fourth-order valence-corrected chi connectivity index (χ4v) is 1.79. The highest BCUT2D eigenvalue weighted by Crippen LogP contribution is 2.07. The molecule has 106 valence electrons. The predicted octanol–water partition coefficient (Wildman–Crippen LogP) is 6.46. The second kappa shape index (κ2) is 21.3. The largest absolute Gasteiger partial charge is 0.344 e. The average molecular weight is 264 g/mol. The molecular weight excluding hydrogens is 230 g/mol. The van der Waals surface area contributed by atoms with Gasteiger partial charge in [-0.3, -0.25) is 0 Å². The molecule has 0 bridgehead atoms. The summed E-state index contributed by atoms with van der Waals surface area (Å²) in [6.07, 6.45) is 20.0. The zero-order chi connectivity index (χ0) is 11.2. The van der Waals surface area contributed by atoms with E-state index in [1.807, 2.05) is 0 Å². The van der Waals surface area contributed by atoms with Crippen molar-refractivity contribution in [2.24, 2.45) is 0 Å². The molecule has 0 aromatic heterocycles. The van der Waals surface area contributed by atoms with Crippen LogP contribution in [-0.2, 0) is 0 Å². The van der Waals surface area contributed by atoms with Crippen molar-refractivity contribution in [3.63, 3.8) is 0 Å². The van der Waals surface area contributed by atoms with E-state index in [-0.39, 0.29) is 18.6 Å². The van der Waals surface area contributed by atoms with Gasteiger partial charge in [0.25, 0.3) is 0 Å². The molecule has 1 nitrogen and oxygen atoms in total. The number of halogens is 1. The molecule has 0 atom stereocenters. The van der Waals surface area contributed by atoms with Crippen molar-refractivity contribution in [1.82, 2.24) is 6.15 Å². The Hall–Kier alpha value is -0.0100. The fraction of sp³-hybridized carbons (Fsp3) is 0.867. The third kappa shape index (κ3) is 21.8. The SMILES string of the molecule is CCCCCCC=CCCCCCCC.Cl.N. The van der Waals surface area contributed by atoms with Crippen LogP contribution in [0.3, 0.4) is 0 Å². The average Bonchev–Trinajstić information content (AvgIpc) is 2.26. The summed E-state index contributed by atoms with van der Waals surface area (Å²) in [5, 5.41) is 0. The molecule has 0 aromatic rings. The summed E-state index contributed by atoms with van der Waals surface area (Å²) < 4.78 is 0. The van der Waals surface area contributed by atoms with Gasteiger partial charge < -0.3 is 6.15 Å². The molecule has 0 saturated heterocycles. The van der Waals surface area contributed by atoms with Crippen molar-refractivity contribution in [1.29, 1.82) is 0 Å². The first-order valence-electron chi connectivity index (χ1n) is 7.06. The molecule has 0 unspecified atom stereocenters. The van der Waals surface area contributed by atoms with Crippen LogP contribution in [0, 0.1) is 0 Å². The molecule has 0 fully saturated rings. The Balaban J connectivity index is -0.000000980. The van der Waals surface area contributed by atoms with Gasteiger partial charge in [0.05, 0.1) is 0 Å². The van der Waals surface area contributed by atoms with Crippen LogP contribution >= 0.6 is 12.4 Å². The van der Waals surface area contributed by atoms with E-state index in [0.717, 1.165) is 0 Å². The Morgan fingerprint density at radius 1 is 0.588 bits per heavy atom. The van der Waals surface area contributed by atoms with Crippen LogP contribution in [0.5, 0.6) is 0 Å². The molecule has 17 heavy (non-hydrogen) atoms. The Bertz CT molecular complexity index is 135. The number of allylic oxidation sites excluding steroid dienone is 2. The van der Waals surface area contributed by atoms with Crippen molar-refractivity contribution in [2.75, 3.05) is 0 Å². The molecule has 0 spiro atoms. The quantitative estimate of drug-likeness (QED) is 0.337. The molecule has 0 saturated carbocycles. The van der Waals surface area contributed by atoms with Crippen LogP contribution in [0.25, 0.3) is 0 Å². The van der Waals surface area contributed by atoms with Gasteiger partial charge in [-0.15, -0.1) is 12.4 Å². The maximum absolute atomic E-state index is 2.39. The molecule has 0 heterocycles. The van der Waals surface area contributed by atoms with Crippen molar-refractivity contribution in [3.8, 4) is 0 Å². The number of unbranched alkanes of at least 4 members (excludes halogenated alkanes) is 9. The van der Waals surface area contributed by atoms with Crippen LogP contribution in [-0.4, -0.2) is 0 Å². The standard InChI is InChI=1S/C15H30.ClH.H3N/c1-3-5-7-9-11-13-15-14-12-10-8-6-4-2;;/h13,15H,3-12,14H2,1-2H3;1H;1H3. The Kier molecular flexibility index (Phi) is 27.8. The summed E-state index contributed by atoms with van der Waals surface area (Å²) in [6.45, 7) is 4.54. The van der Waals surface area contributed by atoms with Gasteiger partial charge in [0.2, 0.25) is 0 Å². The van der Waals surface area contributed by atoms with Crippen LogP contribution in [0.4, 0.5) is 0 Å². The van der Waals surface area contributed by atoms with E-state index in [4.69, 9.17) is 0 Å². The second-order valence-corrected chi connectivity index (χ2v) is 4.52. The summed E-state index contributed by atoms with van der Waals surface area (Å²) in [6, 6.07) is 0. The highest BCUT2D eigenvalue weighted by molar-refractivity contribution is 5.85. The van der Waals surface area contributed by atoms with Crippen molar-refractivity contribution < 1.29 is 0 Å². The van der Waals surface area contributed by atoms with Crippen LogP contribution in [0.15, 0.2) is 12.2 Å². The molecule has 0 radical (unpaired) electrons. The summed E-state index contributed by atoms with van der Waals surface area (Å²) in [4.78, 5) is 0. The van der Waals surface area contributed by atoms with Gasteiger partial charge in [-0.25, -0.2) is 0 Å². The highest BCUT2D eigenvalue weighted by atomic mass is 35.5. The Morgan fingerprint density at radius 2 is 0.941 bits per heavy atom. The van der Waals surface area contributed by atoms with Gasteiger partial charge in [0.15, 0.2) is 0 Å². The fourth-order valence-electron chi connectivity index (χ4n) is 1.79. The minimum Gasteiger partial charge on any atom is -0.344 e. The van der Waals surface area contributed by atoms with E-state index in [2.05, 4.69) is 26.0 Å². The maximum atomic E-state index is 2.39. The lowest BCUT2D eigenvalue weighted by Gasteiger charge is -1.96. The Labute approximate surface area is 115 Å². The van der Waals surface area contributed by atoms with Crippen LogP contribution < -0.4 is 6.15 Å².